The van der Waals surface area contributed by atoms with Gasteiger partial charge in [-0.1, -0.05) is 133 Å². The second-order valence-corrected chi connectivity index (χ2v) is 15.9. The number of hydrogen-bond donors (Lipinski definition) is 0. The van der Waals surface area contributed by atoms with Crippen molar-refractivity contribution in [1.29, 1.82) is 0 Å². The number of para-hydroxylation sites is 2. The summed E-state index contributed by atoms with van der Waals surface area (Å²) in [5.41, 5.74) is 12.9. The molecule has 0 saturated carbocycles. The fourth-order valence-corrected chi connectivity index (χ4v) is 10.2. The summed E-state index contributed by atoms with van der Waals surface area (Å²) in [6, 6.07) is 74.3. The first kappa shape index (κ1) is 32.8. The Hall–Kier alpha value is -7.40. The van der Waals surface area contributed by atoms with E-state index in [1.54, 1.807) is 0 Å². The Bertz CT molecular complexity index is 3510. The van der Waals surface area contributed by atoms with Gasteiger partial charge in [0.25, 0.3) is 0 Å². The van der Waals surface area contributed by atoms with Gasteiger partial charge in [-0.05, 0) is 89.5 Å². The summed E-state index contributed by atoms with van der Waals surface area (Å²) in [4.78, 5) is 2.52. The summed E-state index contributed by atoms with van der Waals surface area (Å²) in [6.45, 7) is 0. The van der Waals surface area contributed by atoms with Gasteiger partial charge in [-0.25, -0.2) is 0 Å². The van der Waals surface area contributed by atoms with E-state index in [0.717, 1.165) is 72.5 Å². The molecule has 0 amide bonds. The summed E-state index contributed by atoms with van der Waals surface area (Å²) >= 11 is 1.85. The zero-order chi connectivity index (χ0) is 38.2. The molecule has 0 aliphatic rings. The molecule has 3 aromatic heterocycles. The molecule has 0 bridgehead atoms. The molecule has 0 radical (unpaired) electrons. The average Bonchev–Trinajstić information content (AvgIpc) is 3.98. The lowest BCUT2D eigenvalue weighted by Crippen LogP contribution is -2.11. The van der Waals surface area contributed by atoms with Crippen molar-refractivity contribution in [1.82, 2.24) is 4.57 Å². The highest BCUT2D eigenvalue weighted by Gasteiger charge is 2.27. The second kappa shape index (κ2) is 13.1. The molecule has 0 atom stereocenters. The van der Waals surface area contributed by atoms with Crippen LogP contribution in [0, 0.1) is 0 Å². The monoisotopic (exact) mass is 758 g/mol. The molecule has 9 aromatic carbocycles. The quantitative estimate of drug-likeness (QED) is 0.168. The lowest BCUT2D eigenvalue weighted by Gasteiger charge is -2.28. The topological polar surface area (TPSA) is 21.3 Å². The minimum atomic E-state index is 0.860. The summed E-state index contributed by atoms with van der Waals surface area (Å²) < 4.78 is 12.0. The maximum Gasteiger partial charge on any atom is 0.145 e. The predicted molar refractivity (Wildman–Crippen MR) is 247 cm³/mol. The van der Waals surface area contributed by atoms with Crippen LogP contribution in [0.25, 0.3) is 91.9 Å². The number of furan rings is 1. The minimum absolute atomic E-state index is 0.860. The van der Waals surface area contributed by atoms with Crippen molar-refractivity contribution in [2.24, 2.45) is 0 Å². The van der Waals surface area contributed by atoms with Gasteiger partial charge in [0.15, 0.2) is 0 Å². The van der Waals surface area contributed by atoms with Crippen molar-refractivity contribution in [3.63, 3.8) is 0 Å². The number of rotatable bonds is 6. The van der Waals surface area contributed by atoms with Gasteiger partial charge in [-0.2, -0.15) is 0 Å². The Morgan fingerprint density at radius 3 is 1.83 bits per heavy atom. The SMILES string of the molecule is c1ccc(-c2ccc3c(c2)oc2c(-c4ccccc4)ccc(N(c4cccc5sc6ccccc6c45)c4cccc5c4c4ccccc4n5-c4ccccc4)c23)cc1. The lowest BCUT2D eigenvalue weighted by atomic mass is 9.98. The van der Waals surface area contributed by atoms with Gasteiger partial charge in [-0.3, -0.25) is 0 Å². The van der Waals surface area contributed by atoms with Gasteiger partial charge in [-0.15, -0.1) is 11.3 Å². The Balaban J connectivity index is 1.23. The number of fused-ring (bicyclic) bond motifs is 9. The molecule has 12 aromatic rings. The number of aromatic nitrogens is 1. The molecule has 0 saturated heterocycles. The third-order valence-electron chi connectivity index (χ3n) is 11.6. The summed E-state index contributed by atoms with van der Waals surface area (Å²) in [6.07, 6.45) is 0. The van der Waals surface area contributed by atoms with Crippen LogP contribution in [-0.2, 0) is 0 Å². The van der Waals surface area contributed by atoms with Gasteiger partial charge in [0.2, 0.25) is 0 Å². The first-order valence-electron chi connectivity index (χ1n) is 19.7. The summed E-state index contributed by atoms with van der Waals surface area (Å²) in [5, 5.41) is 7.05. The predicted octanol–water partition coefficient (Wildman–Crippen LogP) is 15.9. The van der Waals surface area contributed by atoms with E-state index in [0.29, 0.717) is 0 Å². The average molecular weight is 759 g/mol. The number of nitrogens with zero attached hydrogens (tertiary/aromatic N) is 2. The third-order valence-corrected chi connectivity index (χ3v) is 12.7. The summed E-state index contributed by atoms with van der Waals surface area (Å²) in [5.74, 6) is 0. The van der Waals surface area contributed by atoms with E-state index in [9.17, 15) is 0 Å². The fraction of sp³-hybridized carbons (Fsp3) is 0. The normalized spacial score (nSPS) is 11.8. The van der Waals surface area contributed by atoms with E-state index in [-0.39, 0.29) is 0 Å². The molecule has 0 N–H and O–H groups in total. The van der Waals surface area contributed by atoms with Crippen LogP contribution in [0.3, 0.4) is 0 Å². The molecule has 4 heteroatoms. The maximum absolute atomic E-state index is 7.10. The van der Waals surface area contributed by atoms with E-state index in [1.165, 1.54) is 36.5 Å². The number of anilines is 3. The van der Waals surface area contributed by atoms with Gasteiger partial charge in [0.1, 0.15) is 11.2 Å². The molecule has 58 heavy (non-hydrogen) atoms. The van der Waals surface area contributed by atoms with Crippen molar-refractivity contribution >= 4 is 92.3 Å². The molecule has 12 rings (SSSR count). The van der Waals surface area contributed by atoms with Crippen LogP contribution in [0.1, 0.15) is 0 Å². The highest BCUT2D eigenvalue weighted by Crippen LogP contribution is 2.52. The van der Waals surface area contributed by atoms with Crippen LogP contribution in [-0.4, -0.2) is 4.57 Å². The highest BCUT2D eigenvalue weighted by molar-refractivity contribution is 7.26. The lowest BCUT2D eigenvalue weighted by molar-refractivity contribution is 0.670. The Kier molecular flexibility index (Phi) is 7.40. The molecule has 0 aliphatic carbocycles. The van der Waals surface area contributed by atoms with Crippen LogP contribution in [0.5, 0.6) is 0 Å². The highest BCUT2D eigenvalue weighted by atomic mass is 32.1. The zero-order valence-electron chi connectivity index (χ0n) is 31.3. The summed E-state index contributed by atoms with van der Waals surface area (Å²) in [7, 11) is 0. The minimum Gasteiger partial charge on any atom is -0.455 e. The Labute approximate surface area is 338 Å². The molecular formula is C54H34N2OS. The van der Waals surface area contributed by atoms with Crippen molar-refractivity contribution in [2.75, 3.05) is 4.90 Å². The first-order valence-corrected chi connectivity index (χ1v) is 20.5. The number of hydrogen-bond acceptors (Lipinski definition) is 3. The van der Waals surface area contributed by atoms with E-state index >= 15 is 0 Å². The molecule has 0 fully saturated rings. The van der Waals surface area contributed by atoms with E-state index in [4.69, 9.17) is 4.42 Å². The van der Waals surface area contributed by atoms with Gasteiger partial charge in [0.05, 0.1) is 33.5 Å². The van der Waals surface area contributed by atoms with Crippen molar-refractivity contribution in [3.05, 3.63) is 206 Å². The number of thiophene rings is 1. The Morgan fingerprint density at radius 1 is 0.397 bits per heavy atom. The molecule has 3 heterocycles. The maximum atomic E-state index is 7.10. The molecule has 272 valence electrons. The first-order chi connectivity index (χ1) is 28.8. The molecule has 0 spiro atoms. The van der Waals surface area contributed by atoms with Crippen LogP contribution in [0.2, 0.25) is 0 Å². The van der Waals surface area contributed by atoms with E-state index < -0.39 is 0 Å². The molecule has 0 unspecified atom stereocenters. The van der Waals surface area contributed by atoms with Crippen LogP contribution in [0.15, 0.2) is 211 Å². The number of benzene rings is 9. The fourth-order valence-electron chi connectivity index (χ4n) is 9.08. The largest absolute Gasteiger partial charge is 0.455 e. The second-order valence-electron chi connectivity index (χ2n) is 14.8. The molecular weight excluding hydrogens is 725 g/mol. The van der Waals surface area contributed by atoms with Crippen LogP contribution >= 0.6 is 11.3 Å². The zero-order valence-corrected chi connectivity index (χ0v) is 32.2. The van der Waals surface area contributed by atoms with Crippen molar-refractivity contribution < 1.29 is 4.42 Å². The molecule has 0 aliphatic heterocycles. The van der Waals surface area contributed by atoms with Gasteiger partial charge >= 0.3 is 0 Å². The van der Waals surface area contributed by atoms with Crippen LogP contribution in [0.4, 0.5) is 17.1 Å². The van der Waals surface area contributed by atoms with Crippen molar-refractivity contribution in [3.8, 4) is 27.9 Å². The Morgan fingerprint density at radius 2 is 1.02 bits per heavy atom. The van der Waals surface area contributed by atoms with E-state index in [2.05, 4.69) is 216 Å². The van der Waals surface area contributed by atoms with E-state index in [1.807, 2.05) is 11.3 Å². The standard InChI is InChI=1S/C54H34N2OS/c1-4-16-35(17-5-1)37-30-31-41-48(34-37)57-54-39(36-18-6-2-7-19-36)32-33-47(53(41)54)56(46-27-15-29-50-52(46)42-23-11-13-28-49(42)58-50)45-26-14-25-44-51(45)40-22-10-12-24-43(40)55(44)38-20-8-3-9-21-38/h1-34H. The third kappa shape index (κ3) is 4.99. The molecule has 3 nitrogen and oxygen atoms in total. The van der Waals surface area contributed by atoms with Gasteiger partial charge < -0.3 is 13.9 Å². The van der Waals surface area contributed by atoms with Gasteiger partial charge in [0, 0.05) is 47.6 Å². The smallest absolute Gasteiger partial charge is 0.145 e. The van der Waals surface area contributed by atoms with Crippen LogP contribution < -0.4 is 4.90 Å². The van der Waals surface area contributed by atoms with Crippen molar-refractivity contribution in [2.45, 2.75) is 0 Å².